The average molecular weight is 244 g/mol. The van der Waals surface area contributed by atoms with Gasteiger partial charge in [-0.3, -0.25) is 4.79 Å². The first-order valence-corrected chi connectivity index (χ1v) is 6.72. The Kier molecular flexibility index (Phi) is 4.89. The highest BCUT2D eigenvalue weighted by molar-refractivity contribution is 6.04. The van der Waals surface area contributed by atoms with Crippen molar-refractivity contribution in [3.8, 4) is 0 Å². The molecule has 0 bridgehead atoms. The van der Waals surface area contributed by atoms with E-state index in [4.69, 9.17) is 0 Å². The lowest BCUT2D eigenvalue weighted by Gasteiger charge is -2.18. The standard InChI is InChI=1S/C17H24O/c1-6-13(7-2)12-16(18)14-8-10-15(11-9-14)17(3,4)5/h8-12H,6-7H2,1-5H3. The zero-order valence-electron chi connectivity index (χ0n) is 12.2. The molecule has 18 heavy (non-hydrogen) atoms. The molecule has 0 saturated carbocycles. The first-order valence-electron chi connectivity index (χ1n) is 6.72. The van der Waals surface area contributed by atoms with Gasteiger partial charge in [-0.25, -0.2) is 0 Å². The van der Waals surface area contributed by atoms with Crippen LogP contribution in [0.15, 0.2) is 35.9 Å². The highest BCUT2D eigenvalue weighted by atomic mass is 16.1. The monoisotopic (exact) mass is 244 g/mol. The summed E-state index contributed by atoms with van der Waals surface area (Å²) in [5.74, 6) is 0.120. The normalized spacial score (nSPS) is 11.2. The molecule has 0 atom stereocenters. The van der Waals surface area contributed by atoms with Crippen LogP contribution in [0, 0.1) is 0 Å². The van der Waals surface area contributed by atoms with Gasteiger partial charge in [0.1, 0.15) is 0 Å². The Morgan fingerprint density at radius 1 is 1.06 bits per heavy atom. The van der Waals surface area contributed by atoms with Crippen molar-refractivity contribution in [1.82, 2.24) is 0 Å². The number of carbonyl (C=O) groups excluding carboxylic acids is 1. The van der Waals surface area contributed by atoms with Crippen molar-refractivity contribution in [2.45, 2.75) is 52.9 Å². The molecule has 1 rings (SSSR count). The van der Waals surface area contributed by atoms with Gasteiger partial charge in [-0.05, 0) is 29.9 Å². The van der Waals surface area contributed by atoms with Crippen molar-refractivity contribution >= 4 is 5.78 Å². The summed E-state index contributed by atoms with van der Waals surface area (Å²) < 4.78 is 0. The van der Waals surface area contributed by atoms with Crippen molar-refractivity contribution < 1.29 is 4.79 Å². The lowest BCUT2D eigenvalue weighted by Crippen LogP contribution is -2.11. The fourth-order valence-electron chi connectivity index (χ4n) is 1.86. The molecule has 0 unspecified atom stereocenters. The Hall–Kier alpha value is -1.37. The number of carbonyl (C=O) groups is 1. The minimum absolute atomic E-state index is 0.120. The number of allylic oxidation sites excluding steroid dienone is 2. The Bertz CT molecular complexity index is 424. The summed E-state index contributed by atoms with van der Waals surface area (Å²) in [6.45, 7) is 10.7. The van der Waals surface area contributed by atoms with Crippen molar-refractivity contribution in [3.05, 3.63) is 47.0 Å². The van der Waals surface area contributed by atoms with Crippen LogP contribution in [0.1, 0.15) is 63.4 Å². The minimum atomic E-state index is 0.120. The minimum Gasteiger partial charge on any atom is -0.289 e. The van der Waals surface area contributed by atoms with Crippen LogP contribution < -0.4 is 0 Å². The molecular weight excluding hydrogens is 220 g/mol. The zero-order chi connectivity index (χ0) is 13.8. The van der Waals surface area contributed by atoms with Crippen molar-refractivity contribution in [2.24, 2.45) is 0 Å². The van der Waals surface area contributed by atoms with E-state index in [9.17, 15) is 4.79 Å². The molecule has 1 nitrogen and oxygen atoms in total. The SMILES string of the molecule is CCC(=CC(=O)c1ccc(C(C)(C)C)cc1)CC. The topological polar surface area (TPSA) is 17.1 Å². The fraction of sp³-hybridized carbons (Fsp3) is 0.471. The first kappa shape index (κ1) is 14.7. The van der Waals surface area contributed by atoms with E-state index in [1.807, 2.05) is 12.1 Å². The third-order valence-corrected chi connectivity index (χ3v) is 3.28. The van der Waals surface area contributed by atoms with E-state index in [0.717, 1.165) is 18.4 Å². The molecule has 1 aromatic carbocycles. The second-order valence-electron chi connectivity index (χ2n) is 5.70. The van der Waals surface area contributed by atoms with Crippen molar-refractivity contribution in [3.63, 3.8) is 0 Å². The quantitative estimate of drug-likeness (QED) is 0.543. The van der Waals surface area contributed by atoms with Gasteiger partial charge in [0.15, 0.2) is 5.78 Å². The van der Waals surface area contributed by atoms with Crippen LogP contribution in [0.2, 0.25) is 0 Å². The first-order chi connectivity index (χ1) is 8.38. The molecule has 0 aliphatic rings. The smallest absolute Gasteiger partial charge is 0.185 e. The molecule has 0 heterocycles. The number of hydrogen-bond acceptors (Lipinski definition) is 1. The second-order valence-corrected chi connectivity index (χ2v) is 5.70. The maximum absolute atomic E-state index is 12.1. The van der Waals surface area contributed by atoms with E-state index in [0.29, 0.717) is 0 Å². The molecule has 98 valence electrons. The highest BCUT2D eigenvalue weighted by Gasteiger charge is 2.13. The molecule has 0 saturated heterocycles. The molecule has 0 fully saturated rings. The van der Waals surface area contributed by atoms with Gasteiger partial charge in [0.2, 0.25) is 0 Å². The van der Waals surface area contributed by atoms with Crippen LogP contribution >= 0.6 is 0 Å². The number of ketones is 1. The van der Waals surface area contributed by atoms with Crippen LogP contribution in [0.5, 0.6) is 0 Å². The van der Waals surface area contributed by atoms with Crippen LogP contribution in [0.3, 0.4) is 0 Å². The van der Waals surface area contributed by atoms with Gasteiger partial charge in [-0.15, -0.1) is 0 Å². The lowest BCUT2D eigenvalue weighted by molar-refractivity contribution is 0.104. The maximum Gasteiger partial charge on any atom is 0.185 e. The molecule has 0 aliphatic carbocycles. The Labute approximate surface area is 111 Å². The predicted molar refractivity (Wildman–Crippen MR) is 78.1 cm³/mol. The number of benzene rings is 1. The van der Waals surface area contributed by atoms with Crippen molar-refractivity contribution in [2.75, 3.05) is 0 Å². The Morgan fingerprint density at radius 2 is 1.56 bits per heavy atom. The third kappa shape index (κ3) is 3.83. The highest BCUT2D eigenvalue weighted by Crippen LogP contribution is 2.22. The lowest BCUT2D eigenvalue weighted by atomic mass is 9.86. The molecule has 0 aromatic heterocycles. The molecule has 0 N–H and O–H groups in total. The summed E-state index contributed by atoms with van der Waals surface area (Å²) in [6, 6.07) is 7.97. The average Bonchev–Trinajstić information content (AvgIpc) is 2.34. The van der Waals surface area contributed by atoms with Crippen LogP contribution in [0.4, 0.5) is 0 Å². The molecule has 0 radical (unpaired) electrons. The van der Waals surface area contributed by atoms with Gasteiger partial charge in [0.25, 0.3) is 0 Å². The fourth-order valence-corrected chi connectivity index (χ4v) is 1.86. The zero-order valence-corrected chi connectivity index (χ0v) is 12.2. The van der Waals surface area contributed by atoms with Gasteiger partial charge in [0, 0.05) is 5.56 Å². The summed E-state index contributed by atoms with van der Waals surface area (Å²) in [7, 11) is 0. The van der Waals surface area contributed by atoms with E-state index < -0.39 is 0 Å². The van der Waals surface area contributed by atoms with E-state index in [1.165, 1.54) is 11.1 Å². The van der Waals surface area contributed by atoms with E-state index >= 15 is 0 Å². The Morgan fingerprint density at radius 3 is 1.94 bits per heavy atom. The predicted octanol–water partition coefficient (Wildman–Crippen LogP) is 4.91. The van der Waals surface area contributed by atoms with Crippen LogP contribution in [-0.4, -0.2) is 5.78 Å². The summed E-state index contributed by atoms with van der Waals surface area (Å²) >= 11 is 0. The molecule has 0 aliphatic heterocycles. The van der Waals surface area contributed by atoms with Gasteiger partial charge < -0.3 is 0 Å². The van der Waals surface area contributed by atoms with Gasteiger partial charge in [-0.2, -0.15) is 0 Å². The van der Waals surface area contributed by atoms with Crippen LogP contribution in [0.25, 0.3) is 0 Å². The second kappa shape index (κ2) is 5.99. The largest absolute Gasteiger partial charge is 0.289 e. The maximum atomic E-state index is 12.1. The summed E-state index contributed by atoms with van der Waals surface area (Å²) in [5.41, 5.74) is 3.38. The molecular formula is C17H24O. The number of hydrogen-bond donors (Lipinski definition) is 0. The summed E-state index contributed by atoms with van der Waals surface area (Å²) in [5, 5.41) is 0. The van der Waals surface area contributed by atoms with E-state index in [-0.39, 0.29) is 11.2 Å². The third-order valence-electron chi connectivity index (χ3n) is 3.28. The molecule has 1 heteroatoms. The van der Waals surface area contributed by atoms with Crippen molar-refractivity contribution in [1.29, 1.82) is 0 Å². The molecule has 1 aromatic rings. The van der Waals surface area contributed by atoms with Gasteiger partial charge >= 0.3 is 0 Å². The molecule has 0 spiro atoms. The van der Waals surface area contributed by atoms with Gasteiger partial charge in [-0.1, -0.05) is 64.5 Å². The van der Waals surface area contributed by atoms with E-state index in [1.54, 1.807) is 6.08 Å². The summed E-state index contributed by atoms with van der Waals surface area (Å²) in [4.78, 5) is 12.1. The van der Waals surface area contributed by atoms with Gasteiger partial charge in [0.05, 0.1) is 0 Å². The number of rotatable bonds is 4. The van der Waals surface area contributed by atoms with Crippen LogP contribution in [-0.2, 0) is 5.41 Å². The molecule has 0 amide bonds. The van der Waals surface area contributed by atoms with E-state index in [2.05, 4.69) is 46.8 Å². The Balaban J connectivity index is 2.93. The summed E-state index contributed by atoms with van der Waals surface area (Å²) in [6.07, 6.45) is 3.68.